The van der Waals surface area contributed by atoms with Gasteiger partial charge in [0.2, 0.25) is 5.91 Å². The van der Waals surface area contributed by atoms with Crippen molar-refractivity contribution in [2.45, 2.75) is 13.3 Å². The Morgan fingerprint density at radius 3 is 2.26 bits per heavy atom. The molecular weight excluding hydrogens is 378 g/mol. The number of nitrogens with zero attached hydrogens (tertiary/aromatic N) is 2. The number of carbonyl (C=O) groups is 1. The van der Waals surface area contributed by atoms with E-state index < -0.39 is 0 Å². The minimum atomic E-state index is -0.192. The summed E-state index contributed by atoms with van der Waals surface area (Å²) in [5, 5.41) is 11.5. The zero-order chi connectivity index (χ0) is 18.8. The lowest BCUT2D eigenvalue weighted by atomic mass is 9.97. The third kappa shape index (κ3) is 3.56. The highest BCUT2D eigenvalue weighted by Crippen LogP contribution is 2.35. The normalized spacial score (nSPS) is 11.5. The average molecular weight is 394 g/mol. The first-order valence-corrected chi connectivity index (χ1v) is 9.71. The van der Waals surface area contributed by atoms with Gasteiger partial charge in [-0.1, -0.05) is 60.1 Å². The van der Waals surface area contributed by atoms with Crippen molar-refractivity contribution in [3.8, 4) is 0 Å². The zero-order valence-corrected chi connectivity index (χ0v) is 16.1. The molecule has 0 aliphatic rings. The van der Waals surface area contributed by atoms with E-state index in [0.717, 1.165) is 42.8 Å². The zero-order valence-electron chi connectivity index (χ0n) is 14.6. The van der Waals surface area contributed by atoms with Crippen molar-refractivity contribution in [1.82, 2.24) is 10.4 Å². The number of hydrogen-bond acceptors (Lipinski definition) is 4. The summed E-state index contributed by atoms with van der Waals surface area (Å²) in [6.45, 7) is 1.91. The molecule has 6 heteroatoms. The number of hydrogen-bond donors (Lipinski definition) is 1. The van der Waals surface area contributed by atoms with Crippen LogP contribution >= 0.6 is 22.9 Å². The van der Waals surface area contributed by atoms with Crippen LogP contribution in [0.2, 0.25) is 5.02 Å². The van der Waals surface area contributed by atoms with Gasteiger partial charge in [0.1, 0.15) is 5.01 Å². The molecule has 4 aromatic rings. The van der Waals surface area contributed by atoms with Gasteiger partial charge in [0.25, 0.3) is 0 Å². The summed E-state index contributed by atoms with van der Waals surface area (Å²) in [6, 6.07) is 15.9. The van der Waals surface area contributed by atoms with Crippen LogP contribution in [0.3, 0.4) is 0 Å². The van der Waals surface area contributed by atoms with Crippen molar-refractivity contribution in [2.24, 2.45) is 5.10 Å². The van der Waals surface area contributed by atoms with Gasteiger partial charge >= 0.3 is 0 Å². The molecule has 1 aromatic heterocycles. The summed E-state index contributed by atoms with van der Waals surface area (Å²) in [5.74, 6) is -0.192. The number of benzene rings is 3. The van der Waals surface area contributed by atoms with Crippen LogP contribution in [0.25, 0.3) is 21.5 Å². The SMILES string of the molecule is Cc1csc(CC(=O)N/N=C\c2c3ccccc3c(Cl)c3ccccc23)n1. The lowest BCUT2D eigenvalue weighted by Gasteiger charge is -2.10. The van der Waals surface area contributed by atoms with Crippen molar-refractivity contribution in [3.05, 3.63) is 75.2 Å². The topological polar surface area (TPSA) is 54.4 Å². The van der Waals surface area contributed by atoms with Crippen molar-refractivity contribution < 1.29 is 4.79 Å². The maximum Gasteiger partial charge on any atom is 0.246 e. The molecule has 0 saturated carbocycles. The molecule has 0 saturated heterocycles. The molecule has 4 rings (SSSR count). The molecule has 0 aliphatic heterocycles. The third-order valence-corrected chi connectivity index (χ3v) is 5.64. The second-order valence-electron chi connectivity index (χ2n) is 6.17. The van der Waals surface area contributed by atoms with E-state index in [1.165, 1.54) is 11.3 Å². The predicted octanol–water partition coefficient (Wildman–Crippen LogP) is 5.10. The van der Waals surface area contributed by atoms with E-state index in [9.17, 15) is 4.79 Å². The van der Waals surface area contributed by atoms with E-state index in [-0.39, 0.29) is 12.3 Å². The first-order valence-electron chi connectivity index (χ1n) is 8.45. The average Bonchev–Trinajstić information content (AvgIpc) is 3.09. The maximum atomic E-state index is 12.1. The summed E-state index contributed by atoms with van der Waals surface area (Å²) in [4.78, 5) is 16.4. The van der Waals surface area contributed by atoms with Gasteiger partial charge in [-0.2, -0.15) is 5.10 Å². The van der Waals surface area contributed by atoms with Crippen LogP contribution in [-0.4, -0.2) is 17.1 Å². The van der Waals surface area contributed by atoms with Crippen LogP contribution in [0, 0.1) is 6.92 Å². The van der Waals surface area contributed by atoms with Crippen molar-refractivity contribution in [1.29, 1.82) is 0 Å². The fourth-order valence-corrected chi connectivity index (χ4v) is 4.18. The van der Waals surface area contributed by atoms with Crippen LogP contribution < -0.4 is 5.43 Å². The largest absolute Gasteiger partial charge is 0.273 e. The van der Waals surface area contributed by atoms with Crippen LogP contribution in [0.15, 0.2) is 59.0 Å². The summed E-state index contributed by atoms with van der Waals surface area (Å²) >= 11 is 8.08. The molecule has 0 bridgehead atoms. The highest BCUT2D eigenvalue weighted by atomic mass is 35.5. The summed E-state index contributed by atoms with van der Waals surface area (Å²) in [6.07, 6.45) is 1.91. The second kappa shape index (κ2) is 7.47. The number of carbonyl (C=O) groups excluding carboxylic acids is 1. The van der Waals surface area contributed by atoms with E-state index in [1.54, 1.807) is 6.21 Å². The van der Waals surface area contributed by atoms with Gasteiger partial charge < -0.3 is 0 Å². The first-order chi connectivity index (χ1) is 13.1. The number of aromatic nitrogens is 1. The molecule has 27 heavy (non-hydrogen) atoms. The third-order valence-electron chi connectivity index (χ3n) is 4.27. The van der Waals surface area contributed by atoms with Gasteiger partial charge in [-0.15, -0.1) is 11.3 Å². The van der Waals surface area contributed by atoms with Crippen LogP contribution in [0.4, 0.5) is 0 Å². The smallest absolute Gasteiger partial charge is 0.246 e. The standard InChI is InChI=1S/C21H16ClN3OS/c1-13-12-27-20(24-13)10-19(26)25-23-11-18-14-6-2-4-8-16(14)21(22)17-9-5-3-7-15(17)18/h2-9,11-12H,10H2,1H3,(H,25,26)/b23-11-. The number of amides is 1. The van der Waals surface area contributed by atoms with Crippen molar-refractivity contribution in [3.63, 3.8) is 0 Å². The Kier molecular flexibility index (Phi) is 4.88. The van der Waals surface area contributed by atoms with Crippen molar-refractivity contribution >= 4 is 56.6 Å². The molecule has 0 unspecified atom stereocenters. The van der Waals surface area contributed by atoms with E-state index in [4.69, 9.17) is 11.6 Å². The minimum Gasteiger partial charge on any atom is -0.273 e. The molecule has 0 aliphatic carbocycles. The van der Waals surface area contributed by atoms with E-state index in [1.807, 2.05) is 60.8 Å². The molecule has 4 nitrogen and oxygen atoms in total. The van der Waals surface area contributed by atoms with Gasteiger partial charge in [0.15, 0.2) is 0 Å². The Morgan fingerprint density at radius 2 is 1.70 bits per heavy atom. The molecule has 1 heterocycles. The van der Waals surface area contributed by atoms with Gasteiger partial charge in [-0.25, -0.2) is 10.4 Å². The maximum absolute atomic E-state index is 12.1. The quantitative estimate of drug-likeness (QED) is 0.298. The van der Waals surface area contributed by atoms with Gasteiger partial charge in [0.05, 0.1) is 17.7 Å². The lowest BCUT2D eigenvalue weighted by molar-refractivity contribution is -0.120. The number of halogens is 1. The number of fused-ring (bicyclic) bond motifs is 2. The van der Waals surface area contributed by atoms with Crippen LogP contribution in [0.1, 0.15) is 16.3 Å². The number of thiazole rings is 1. The molecule has 0 atom stereocenters. The molecule has 0 radical (unpaired) electrons. The predicted molar refractivity (Wildman–Crippen MR) is 113 cm³/mol. The summed E-state index contributed by atoms with van der Waals surface area (Å²) < 4.78 is 0. The van der Waals surface area contributed by atoms with Gasteiger partial charge in [0, 0.05) is 27.4 Å². The molecule has 1 amide bonds. The van der Waals surface area contributed by atoms with E-state index in [2.05, 4.69) is 15.5 Å². The number of nitrogens with one attached hydrogen (secondary N) is 1. The number of hydrazone groups is 1. The Labute approximate surface area is 165 Å². The highest BCUT2D eigenvalue weighted by molar-refractivity contribution is 7.09. The van der Waals surface area contributed by atoms with Crippen LogP contribution in [0.5, 0.6) is 0 Å². The number of rotatable bonds is 4. The Bertz CT molecular complexity index is 1130. The highest BCUT2D eigenvalue weighted by Gasteiger charge is 2.11. The van der Waals surface area contributed by atoms with Gasteiger partial charge in [-0.05, 0) is 17.7 Å². The monoisotopic (exact) mass is 393 g/mol. The van der Waals surface area contributed by atoms with E-state index >= 15 is 0 Å². The molecule has 0 spiro atoms. The molecular formula is C21H16ClN3OS. The van der Waals surface area contributed by atoms with Gasteiger partial charge in [-0.3, -0.25) is 4.79 Å². The van der Waals surface area contributed by atoms with E-state index in [0.29, 0.717) is 0 Å². The molecule has 134 valence electrons. The van der Waals surface area contributed by atoms with Crippen LogP contribution in [-0.2, 0) is 11.2 Å². The summed E-state index contributed by atoms with van der Waals surface area (Å²) in [5.41, 5.74) is 4.45. The Hall–Kier alpha value is -2.76. The molecule has 3 aromatic carbocycles. The molecule has 0 fully saturated rings. The Balaban J connectivity index is 1.67. The molecule has 1 N–H and O–H groups in total. The first kappa shape index (κ1) is 17.6. The lowest BCUT2D eigenvalue weighted by Crippen LogP contribution is -2.19. The summed E-state index contributed by atoms with van der Waals surface area (Å²) in [7, 11) is 0. The minimum absolute atomic E-state index is 0.192. The number of aryl methyl sites for hydroxylation is 1. The Morgan fingerprint density at radius 1 is 1.11 bits per heavy atom. The second-order valence-corrected chi connectivity index (χ2v) is 7.49. The fraction of sp³-hybridized carbons (Fsp3) is 0.0952. The van der Waals surface area contributed by atoms with Crippen molar-refractivity contribution in [2.75, 3.05) is 0 Å². The fourth-order valence-electron chi connectivity index (χ4n) is 3.08.